The van der Waals surface area contributed by atoms with E-state index in [1.807, 2.05) is 32.0 Å². The number of carbonyl (C=O) groups is 2. The standard InChI is InChI=1S/C36H42F2N4O4/c1-4-11-42(12-5-2)36(44)29-19-27(18-28(20-29)35-40-10-13-46-35)34(43)41-33(17-26-15-30(37)21-31(38)16-26)32(39)23-45-22-25-9-7-8-24(6-3)14-25/h7-10,13-16,18-21,32-33H,4-6,11-12,17,22-23,39H2,1-3H3,(H,41,43). The van der Waals surface area contributed by atoms with Crippen LogP contribution in [0.2, 0.25) is 0 Å². The largest absolute Gasteiger partial charge is 0.445 e. The van der Waals surface area contributed by atoms with E-state index in [0.29, 0.717) is 36.4 Å². The number of nitrogens with zero attached hydrogens (tertiary/aromatic N) is 2. The van der Waals surface area contributed by atoms with Crippen molar-refractivity contribution in [1.82, 2.24) is 15.2 Å². The average molecular weight is 633 g/mol. The minimum absolute atomic E-state index is 0.0439. The molecule has 0 fully saturated rings. The molecule has 244 valence electrons. The Balaban J connectivity index is 1.60. The van der Waals surface area contributed by atoms with Gasteiger partial charge >= 0.3 is 0 Å². The summed E-state index contributed by atoms with van der Waals surface area (Å²) in [4.78, 5) is 33.4. The van der Waals surface area contributed by atoms with Gasteiger partial charge in [0.2, 0.25) is 5.89 Å². The summed E-state index contributed by atoms with van der Waals surface area (Å²) in [6.07, 6.45) is 5.40. The van der Waals surface area contributed by atoms with E-state index in [2.05, 4.69) is 23.3 Å². The molecule has 0 radical (unpaired) electrons. The summed E-state index contributed by atoms with van der Waals surface area (Å²) >= 11 is 0. The van der Waals surface area contributed by atoms with E-state index in [-0.39, 0.29) is 30.4 Å². The number of hydrogen-bond acceptors (Lipinski definition) is 6. The number of nitrogens with one attached hydrogen (secondary N) is 1. The maximum absolute atomic E-state index is 14.1. The molecular formula is C36H42F2N4O4. The Morgan fingerprint density at radius 1 is 0.935 bits per heavy atom. The molecule has 2 atom stereocenters. The van der Waals surface area contributed by atoms with Crippen LogP contribution in [0.15, 0.2) is 77.5 Å². The predicted molar refractivity (Wildman–Crippen MR) is 173 cm³/mol. The number of oxazole rings is 1. The number of ether oxygens (including phenoxy) is 1. The fourth-order valence-corrected chi connectivity index (χ4v) is 5.32. The highest BCUT2D eigenvalue weighted by atomic mass is 19.1. The fourth-order valence-electron chi connectivity index (χ4n) is 5.32. The van der Waals surface area contributed by atoms with Gasteiger partial charge in [0, 0.05) is 41.9 Å². The van der Waals surface area contributed by atoms with E-state index in [9.17, 15) is 18.4 Å². The molecule has 0 aliphatic heterocycles. The van der Waals surface area contributed by atoms with Gasteiger partial charge in [0.25, 0.3) is 11.8 Å². The number of amides is 2. The van der Waals surface area contributed by atoms with Crippen molar-refractivity contribution in [3.8, 4) is 11.5 Å². The summed E-state index contributed by atoms with van der Waals surface area (Å²) in [5.74, 6) is -1.94. The van der Waals surface area contributed by atoms with Crippen molar-refractivity contribution in [1.29, 1.82) is 0 Å². The molecule has 3 N–H and O–H groups in total. The monoisotopic (exact) mass is 632 g/mol. The first-order chi connectivity index (χ1) is 22.2. The lowest BCUT2D eigenvalue weighted by molar-refractivity contribution is 0.0755. The van der Waals surface area contributed by atoms with E-state index in [1.165, 1.54) is 36.2 Å². The van der Waals surface area contributed by atoms with Gasteiger partial charge in [-0.3, -0.25) is 9.59 Å². The second kappa shape index (κ2) is 16.8. The van der Waals surface area contributed by atoms with Gasteiger partial charge in [0.15, 0.2) is 0 Å². The van der Waals surface area contributed by atoms with Gasteiger partial charge in [0.05, 0.1) is 25.5 Å². The zero-order valence-corrected chi connectivity index (χ0v) is 26.6. The van der Waals surface area contributed by atoms with Crippen molar-refractivity contribution >= 4 is 11.8 Å². The number of nitrogens with two attached hydrogens (primary N) is 1. The minimum Gasteiger partial charge on any atom is -0.445 e. The number of hydrogen-bond donors (Lipinski definition) is 2. The van der Waals surface area contributed by atoms with Crippen molar-refractivity contribution < 1.29 is 27.5 Å². The first-order valence-electron chi connectivity index (χ1n) is 15.7. The lowest BCUT2D eigenvalue weighted by Gasteiger charge is -2.26. The van der Waals surface area contributed by atoms with Crippen LogP contribution in [0, 0.1) is 11.6 Å². The molecule has 0 aliphatic carbocycles. The summed E-state index contributed by atoms with van der Waals surface area (Å²) in [6.45, 7) is 7.59. The van der Waals surface area contributed by atoms with Crippen LogP contribution >= 0.6 is 0 Å². The lowest BCUT2D eigenvalue weighted by Crippen LogP contribution is -2.51. The van der Waals surface area contributed by atoms with Gasteiger partial charge in [-0.1, -0.05) is 45.0 Å². The lowest BCUT2D eigenvalue weighted by atomic mass is 9.98. The van der Waals surface area contributed by atoms with Crippen LogP contribution in [0.3, 0.4) is 0 Å². The summed E-state index contributed by atoms with van der Waals surface area (Å²) < 4.78 is 39.6. The third-order valence-corrected chi connectivity index (χ3v) is 7.59. The second-order valence-electron chi connectivity index (χ2n) is 11.3. The normalized spacial score (nSPS) is 12.5. The highest BCUT2D eigenvalue weighted by molar-refractivity contribution is 6.01. The van der Waals surface area contributed by atoms with Gasteiger partial charge in [0.1, 0.15) is 17.9 Å². The summed E-state index contributed by atoms with van der Waals surface area (Å²) in [5.41, 5.74) is 10.0. The van der Waals surface area contributed by atoms with Gasteiger partial charge in [-0.15, -0.1) is 0 Å². The molecule has 3 aromatic carbocycles. The smallest absolute Gasteiger partial charge is 0.253 e. The van der Waals surface area contributed by atoms with Gasteiger partial charge in [-0.05, 0) is 72.7 Å². The van der Waals surface area contributed by atoms with E-state index >= 15 is 0 Å². The highest BCUT2D eigenvalue weighted by Crippen LogP contribution is 2.23. The molecule has 8 nitrogen and oxygen atoms in total. The van der Waals surface area contributed by atoms with Gasteiger partial charge in [-0.25, -0.2) is 13.8 Å². The maximum atomic E-state index is 14.1. The zero-order chi connectivity index (χ0) is 33.1. The van der Waals surface area contributed by atoms with Gasteiger partial charge in [-0.2, -0.15) is 0 Å². The first kappa shape index (κ1) is 34.5. The topological polar surface area (TPSA) is 111 Å². The number of halogens is 2. The third-order valence-electron chi connectivity index (χ3n) is 7.59. The van der Waals surface area contributed by atoms with Crippen LogP contribution in [0.4, 0.5) is 8.78 Å². The highest BCUT2D eigenvalue weighted by Gasteiger charge is 2.25. The molecule has 1 aromatic heterocycles. The molecular weight excluding hydrogens is 590 g/mol. The Labute approximate surface area is 269 Å². The Kier molecular flexibility index (Phi) is 12.6. The molecule has 2 unspecified atom stereocenters. The molecule has 0 bridgehead atoms. The van der Waals surface area contributed by atoms with Crippen molar-refractivity contribution in [3.05, 3.63) is 113 Å². The van der Waals surface area contributed by atoms with Crippen molar-refractivity contribution in [2.24, 2.45) is 5.73 Å². The molecule has 46 heavy (non-hydrogen) atoms. The minimum atomic E-state index is -0.767. The third kappa shape index (κ3) is 9.55. The van der Waals surface area contributed by atoms with Crippen molar-refractivity contribution in [2.45, 2.75) is 65.1 Å². The number of carbonyl (C=O) groups excluding carboxylic acids is 2. The van der Waals surface area contributed by atoms with Crippen LogP contribution in [0.5, 0.6) is 0 Å². The molecule has 0 spiro atoms. The molecule has 0 saturated heterocycles. The van der Waals surface area contributed by atoms with Crippen LogP contribution in [-0.4, -0.2) is 53.5 Å². The number of aromatic nitrogens is 1. The molecule has 4 aromatic rings. The average Bonchev–Trinajstić information content (AvgIpc) is 3.59. The van der Waals surface area contributed by atoms with E-state index in [0.717, 1.165) is 30.9 Å². The number of aryl methyl sites for hydroxylation is 1. The predicted octanol–water partition coefficient (Wildman–Crippen LogP) is 6.33. The van der Waals surface area contributed by atoms with Crippen molar-refractivity contribution in [3.63, 3.8) is 0 Å². The summed E-state index contributed by atoms with van der Waals surface area (Å²) in [5, 5.41) is 2.94. The number of benzene rings is 3. The van der Waals surface area contributed by atoms with Crippen LogP contribution < -0.4 is 11.1 Å². The Bertz CT molecular complexity index is 1570. The zero-order valence-electron chi connectivity index (χ0n) is 26.6. The van der Waals surface area contributed by atoms with E-state index in [4.69, 9.17) is 14.9 Å². The quantitative estimate of drug-likeness (QED) is 0.149. The van der Waals surface area contributed by atoms with Crippen LogP contribution in [0.25, 0.3) is 11.5 Å². The van der Waals surface area contributed by atoms with Gasteiger partial charge < -0.3 is 25.1 Å². The Morgan fingerprint density at radius 3 is 2.28 bits per heavy atom. The number of rotatable bonds is 16. The molecule has 1 heterocycles. The van der Waals surface area contributed by atoms with Crippen LogP contribution in [0.1, 0.15) is 71.0 Å². The first-order valence-corrected chi connectivity index (χ1v) is 15.7. The Morgan fingerprint density at radius 2 is 1.63 bits per heavy atom. The molecule has 10 heteroatoms. The SMILES string of the molecule is CCCN(CCC)C(=O)c1cc(C(=O)NC(Cc2cc(F)cc(F)c2)C(N)COCc2cccc(CC)c2)cc(-c2ncco2)c1. The fraction of sp³-hybridized carbons (Fsp3) is 0.361. The maximum Gasteiger partial charge on any atom is 0.253 e. The summed E-state index contributed by atoms with van der Waals surface area (Å²) in [7, 11) is 0. The summed E-state index contributed by atoms with van der Waals surface area (Å²) in [6, 6.07) is 14.5. The Hall–Kier alpha value is -4.41. The van der Waals surface area contributed by atoms with Crippen LogP contribution in [-0.2, 0) is 24.2 Å². The molecule has 4 rings (SSSR count). The van der Waals surface area contributed by atoms with Crippen molar-refractivity contribution in [2.75, 3.05) is 19.7 Å². The second-order valence-corrected chi connectivity index (χ2v) is 11.3. The van der Waals surface area contributed by atoms with E-state index < -0.39 is 29.6 Å². The van der Waals surface area contributed by atoms with E-state index in [1.54, 1.807) is 17.0 Å². The molecule has 0 aliphatic rings. The molecule has 2 amide bonds. The molecule has 0 saturated carbocycles.